The monoisotopic (exact) mass is 423 g/mol. The summed E-state index contributed by atoms with van der Waals surface area (Å²) in [4.78, 5) is 21.3. The highest BCUT2D eigenvalue weighted by Crippen LogP contribution is 2.27. The van der Waals surface area contributed by atoms with E-state index in [4.69, 9.17) is 9.47 Å². The summed E-state index contributed by atoms with van der Waals surface area (Å²) in [5.41, 5.74) is 3.13. The van der Waals surface area contributed by atoms with Crippen LogP contribution in [0.1, 0.15) is 48.2 Å². The molecule has 1 aliphatic rings. The first kappa shape index (κ1) is 20.3. The number of carbonyl (C=O) groups excluding carboxylic acids is 1. The molecule has 0 radical (unpaired) electrons. The fraction of sp³-hybridized carbons (Fsp3) is 0.348. The first-order valence-electron chi connectivity index (χ1n) is 10.3. The molecule has 2 aromatic heterocycles. The molecule has 1 aliphatic carbocycles. The Balaban J connectivity index is 1.38. The van der Waals surface area contributed by atoms with Crippen LogP contribution >= 0.6 is 11.3 Å². The van der Waals surface area contributed by atoms with Crippen molar-refractivity contribution in [1.82, 2.24) is 9.97 Å². The first-order valence-corrected chi connectivity index (χ1v) is 11.2. The lowest BCUT2D eigenvalue weighted by Crippen LogP contribution is -2.17. The maximum Gasteiger partial charge on any atom is 0.257 e. The largest absolute Gasteiger partial charge is 0.489 e. The fourth-order valence-corrected chi connectivity index (χ4v) is 4.08. The van der Waals surface area contributed by atoms with Crippen molar-refractivity contribution in [3.63, 3.8) is 0 Å². The van der Waals surface area contributed by atoms with Crippen LogP contribution in [-0.2, 0) is 6.61 Å². The van der Waals surface area contributed by atoms with Gasteiger partial charge in [0, 0.05) is 17.1 Å². The Hall–Kier alpha value is -2.93. The number of benzene rings is 1. The summed E-state index contributed by atoms with van der Waals surface area (Å²) in [6, 6.07) is 10.7. The number of nitrogens with one attached hydrogen (secondary N) is 1. The smallest absolute Gasteiger partial charge is 0.257 e. The molecule has 0 saturated heterocycles. The summed E-state index contributed by atoms with van der Waals surface area (Å²) in [5, 5.41) is 4.81. The van der Waals surface area contributed by atoms with E-state index in [1.165, 1.54) is 43.4 Å². The molecule has 6 nitrogen and oxygen atoms in total. The molecule has 0 spiro atoms. The van der Waals surface area contributed by atoms with Crippen LogP contribution in [0.2, 0.25) is 0 Å². The standard InChI is InChI=1S/C23H25N3O3S/c27-23(18-8-4-9-20(12-18)28-14-19-15-30-16-25-19)26-22-21(10-5-11-24-22)29-13-17-6-2-1-3-7-17/h4-5,8-12,15-17H,1-3,6-7,13-14H2,(H,24,26,27). The topological polar surface area (TPSA) is 73.3 Å². The molecule has 4 rings (SSSR count). The van der Waals surface area contributed by atoms with E-state index in [0.717, 1.165) is 5.69 Å². The number of hydrogen-bond acceptors (Lipinski definition) is 6. The van der Waals surface area contributed by atoms with Gasteiger partial charge in [0.05, 0.1) is 17.8 Å². The van der Waals surface area contributed by atoms with Gasteiger partial charge >= 0.3 is 0 Å². The molecule has 1 aromatic carbocycles. The number of amides is 1. The zero-order valence-electron chi connectivity index (χ0n) is 16.8. The van der Waals surface area contributed by atoms with Crippen LogP contribution in [0.25, 0.3) is 0 Å². The summed E-state index contributed by atoms with van der Waals surface area (Å²) in [5.74, 6) is 1.98. The van der Waals surface area contributed by atoms with Gasteiger partial charge in [0.2, 0.25) is 0 Å². The van der Waals surface area contributed by atoms with Crippen molar-refractivity contribution in [1.29, 1.82) is 0 Å². The zero-order valence-corrected chi connectivity index (χ0v) is 17.6. The Bertz CT molecular complexity index is 956. The minimum Gasteiger partial charge on any atom is -0.489 e. The molecular formula is C23H25N3O3S. The molecule has 2 heterocycles. The molecular weight excluding hydrogens is 398 g/mol. The van der Waals surface area contributed by atoms with Crippen LogP contribution in [0.3, 0.4) is 0 Å². The van der Waals surface area contributed by atoms with Crippen molar-refractivity contribution in [2.75, 3.05) is 11.9 Å². The summed E-state index contributed by atoms with van der Waals surface area (Å²) in [6.07, 6.45) is 7.91. The molecule has 1 fully saturated rings. The molecule has 7 heteroatoms. The lowest BCUT2D eigenvalue weighted by atomic mass is 9.90. The van der Waals surface area contributed by atoms with Gasteiger partial charge in [-0.3, -0.25) is 4.79 Å². The van der Waals surface area contributed by atoms with E-state index >= 15 is 0 Å². The van der Waals surface area contributed by atoms with E-state index < -0.39 is 0 Å². The molecule has 0 unspecified atom stereocenters. The fourth-order valence-electron chi connectivity index (χ4n) is 3.54. The lowest BCUT2D eigenvalue weighted by molar-refractivity contribution is 0.102. The number of anilines is 1. The second-order valence-electron chi connectivity index (χ2n) is 7.42. The molecule has 156 valence electrons. The van der Waals surface area contributed by atoms with E-state index in [2.05, 4.69) is 15.3 Å². The number of pyridine rings is 1. The first-order chi connectivity index (χ1) is 14.8. The third-order valence-electron chi connectivity index (χ3n) is 5.17. The van der Waals surface area contributed by atoms with Crippen molar-refractivity contribution in [2.45, 2.75) is 38.7 Å². The molecule has 0 bridgehead atoms. The highest BCUT2D eigenvalue weighted by molar-refractivity contribution is 7.07. The Labute approximate surface area is 180 Å². The van der Waals surface area contributed by atoms with Crippen molar-refractivity contribution in [2.24, 2.45) is 5.92 Å². The Kier molecular flexibility index (Phi) is 6.92. The predicted molar refractivity (Wildman–Crippen MR) is 117 cm³/mol. The maximum absolute atomic E-state index is 12.8. The average molecular weight is 424 g/mol. The normalized spacial score (nSPS) is 14.3. The number of carbonyl (C=O) groups is 1. The lowest BCUT2D eigenvalue weighted by Gasteiger charge is -2.22. The van der Waals surface area contributed by atoms with Crippen LogP contribution in [0.5, 0.6) is 11.5 Å². The van der Waals surface area contributed by atoms with Crippen LogP contribution in [0.4, 0.5) is 5.82 Å². The number of nitrogens with zero attached hydrogens (tertiary/aromatic N) is 2. The van der Waals surface area contributed by atoms with Gasteiger partial charge in [-0.2, -0.15) is 0 Å². The van der Waals surface area contributed by atoms with E-state index in [0.29, 0.717) is 42.0 Å². The molecule has 1 saturated carbocycles. The summed E-state index contributed by atoms with van der Waals surface area (Å²) in [6.45, 7) is 1.03. The second-order valence-corrected chi connectivity index (χ2v) is 8.13. The number of ether oxygens (including phenoxy) is 2. The molecule has 0 aliphatic heterocycles. The number of hydrogen-bond donors (Lipinski definition) is 1. The molecule has 1 amide bonds. The average Bonchev–Trinajstić information content (AvgIpc) is 3.32. The summed E-state index contributed by atoms with van der Waals surface area (Å²) in [7, 11) is 0. The van der Waals surface area contributed by atoms with E-state index in [1.54, 1.807) is 29.9 Å². The minimum absolute atomic E-state index is 0.254. The summed E-state index contributed by atoms with van der Waals surface area (Å²) < 4.78 is 11.8. The zero-order chi connectivity index (χ0) is 20.6. The summed E-state index contributed by atoms with van der Waals surface area (Å²) >= 11 is 1.52. The third kappa shape index (κ3) is 5.57. The van der Waals surface area contributed by atoms with Crippen LogP contribution in [-0.4, -0.2) is 22.5 Å². The number of thiazole rings is 1. The minimum atomic E-state index is -0.254. The van der Waals surface area contributed by atoms with E-state index in [1.807, 2.05) is 23.6 Å². The Morgan fingerprint density at radius 1 is 1.10 bits per heavy atom. The Morgan fingerprint density at radius 2 is 2.00 bits per heavy atom. The van der Waals surface area contributed by atoms with Gasteiger partial charge in [-0.1, -0.05) is 25.3 Å². The van der Waals surface area contributed by atoms with E-state index in [9.17, 15) is 4.79 Å². The maximum atomic E-state index is 12.8. The SMILES string of the molecule is O=C(Nc1ncccc1OCC1CCCCC1)c1cccc(OCc2cscn2)c1. The Morgan fingerprint density at radius 3 is 2.83 bits per heavy atom. The van der Waals surface area contributed by atoms with Gasteiger partial charge in [-0.25, -0.2) is 9.97 Å². The third-order valence-corrected chi connectivity index (χ3v) is 5.80. The molecule has 3 aromatic rings. The highest BCUT2D eigenvalue weighted by atomic mass is 32.1. The van der Waals surface area contributed by atoms with Crippen molar-refractivity contribution >= 4 is 23.1 Å². The van der Waals surface area contributed by atoms with Gasteiger partial charge < -0.3 is 14.8 Å². The quantitative estimate of drug-likeness (QED) is 0.530. The predicted octanol–water partition coefficient (Wildman–Crippen LogP) is 5.33. The van der Waals surface area contributed by atoms with Crippen molar-refractivity contribution in [3.05, 3.63) is 64.7 Å². The van der Waals surface area contributed by atoms with Gasteiger partial charge in [-0.15, -0.1) is 11.3 Å². The number of aromatic nitrogens is 2. The van der Waals surface area contributed by atoms with Crippen molar-refractivity contribution in [3.8, 4) is 11.5 Å². The van der Waals surface area contributed by atoms with Crippen LogP contribution < -0.4 is 14.8 Å². The van der Waals surface area contributed by atoms with Gasteiger partial charge in [0.15, 0.2) is 11.6 Å². The van der Waals surface area contributed by atoms with Crippen LogP contribution in [0.15, 0.2) is 53.5 Å². The second kappa shape index (κ2) is 10.2. The number of rotatable bonds is 8. The van der Waals surface area contributed by atoms with Gasteiger partial charge in [0.25, 0.3) is 5.91 Å². The highest BCUT2D eigenvalue weighted by Gasteiger charge is 2.16. The van der Waals surface area contributed by atoms with Crippen LogP contribution in [0, 0.1) is 5.92 Å². The van der Waals surface area contributed by atoms with Gasteiger partial charge in [0.1, 0.15) is 12.4 Å². The van der Waals surface area contributed by atoms with Crippen molar-refractivity contribution < 1.29 is 14.3 Å². The molecule has 0 atom stereocenters. The molecule has 30 heavy (non-hydrogen) atoms. The van der Waals surface area contributed by atoms with Gasteiger partial charge in [-0.05, 0) is 49.1 Å². The van der Waals surface area contributed by atoms with E-state index in [-0.39, 0.29) is 5.91 Å². The molecule has 1 N–H and O–H groups in total.